The Morgan fingerprint density at radius 1 is 1.23 bits per heavy atom. The number of halogens is 2. The summed E-state index contributed by atoms with van der Waals surface area (Å²) in [5, 5.41) is 3.42. The highest BCUT2D eigenvalue weighted by Gasteiger charge is 2.29. The Hall–Kier alpha value is -0.910. The van der Waals surface area contributed by atoms with Crippen molar-refractivity contribution in [3.63, 3.8) is 0 Å². The molecule has 1 N–H and O–H groups in total. The van der Waals surface area contributed by atoms with Gasteiger partial charge in [-0.15, -0.1) is 0 Å². The lowest BCUT2D eigenvalue weighted by Crippen LogP contribution is -2.22. The van der Waals surface area contributed by atoms with Crippen molar-refractivity contribution in [3.05, 3.63) is 56.6 Å². The first-order chi connectivity index (χ1) is 10.6. The van der Waals surface area contributed by atoms with Crippen molar-refractivity contribution in [1.82, 2.24) is 10.3 Å². The molecule has 2 heterocycles. The van der Waals surface area contributed by atoms with Crippen molar-refractivity contribution in [1.29, 1.82) is 0 Å². The molecule has 1 saturated heterocycles. The van der Waals surface area contributed by atoms with E-state index in [2.05, 4.69) is 66.4 Å². The van der Waals surface area contributed by atoms with E-state index in [1.165, 1.54) is 5.56 Å². The van der Waals surface area contributed by atoms with Gasteiger partial charge in [-0.25, -0.2) is 4.98 Å². The van der Waals surface area contributed by atoms with Gasteiger partial charge >= 0.3 is 0 Å². The molecule has 2 atom stereocenters. The maximum absolute atomic E-state index is 6.33. The van der Waals surface area contributed by atoms with E-state index in [0.717, 1.165) is 34.1 Å². The molecule has 1 aliphatic heterocycles. The second-order valence-electron chi connectivity index (χ2n) is 5.54. The molecule has 1 aromatic heterocycles. The molecule has 1 unspecified atom stereocenters. The number of nitrogens with one attached hydrogen (secondary N) is 1. The van der Waals surface area contributed by atoms with E-state index in [0.29, 0.717) is 11.8 Å². The summed E-state index contributed by atoms with van der Waals surface area (Å²) in [6, 6.07) is 12.4. The lowest BCUT2D eigenvalue weighted by atomic mass is 9.95. The molecule has 0 amide bonds. The van der Waals surface area contributed by atoms with Gasteiger partial charge < -0.3 is 10.1 Å². The van der Waals surface area contributed by atoms with Crippen molar-refractivity contribution in [2.24, 2.45) is 5.92 Å². The first kappa shape index (κ1) is 16.0. The number of aromatic nitrogens is 1. The molecule has 0 aliphatic carbocycles. The Kier molecular flexibility index (Phi) is 5.16. The maximum atomic E-state index is 6.33. The lowest BCUT2D eigenvalue weighted by Gasteiger charge is -2.25. The SMILES string of the molecule is Cc1nc(O[C@H](c2ccccc2)C2CCNC2)c(Br)cc1Br. The van der Waals surface area contributed by atoms with E-state index in [-0.39, 0.29) is 6.10 Å². The average molecular weight is 426 g/mol. The summed E-state index contributed by atoms with van der Waals surface area (Å²) in [4.78, 5) is 4.57. The number of ether oxygens (including phenoxy) is 1. The quantitative estimate of drug-likeness (QED) is 0.774. The molecular formula is C17H18Br2N2O. The van der Waals surface area contributed by atoms with Crippen LogP contribution in [0, 0.1) is 12.8 Å². The fourth-order valence-corrected chi connectivity index (χ4v) is 3.79. The second kappa shape index (κ2) is 7.11. The van der Waals surface area contributed by atoms with Crippen LogP contribution < -0.4 is 10.1 Å². The smallest absolute Gasteiger partial charge is 0.228 e. The summed E-state index contributed by atoms with van der Waals surface area (Å²) in [6.45, 7) is 4.00. The summed E-state index contributed by atoms with van der Waals surface area (Å²) in [7, 11) is 0. The zero-order chi connectivity index (χ0) is 15.5. The minimum atomic E-state index is 0.0144. The molecule has 116 valence electrons. The Bertz CT molecular complexity index is 643. The standard InChI is InChI=1S/C17H18Br2N2O/c1-11-14(18)9-15(19)17(21-11)22-16(13-7-8-20-10-13)12-5-3-2-4-6-12/h2-6,9,13,16,20H,7-8,10H2,1H3/t13?,16-/m1/s1. The molecule has 3 nitrogen and oxygen atoms in total. The third-order valence-corrected chi connectivity index (χ3v) is 5.34. The van der Waals surface area contributed by atoms with Crippen molar-refractivity contribution < 1.29 is 4.74 Å². The minimum Gasteiger partial charge on any atom is -0.468 e. The van der Waals surface area contributed by atoms with Crippen LogP contribution in [0.15, 0.2) is 45.3 Å². The van der Waals surface area contributed by atoms with Crippen LogP contribution in [-0.2, 0) is 0 Å². The van der Waals surface area contributed by atoms with Gasteiger partial charge in [0.15, 0.2) is 0 Å². The van der Waals surface area contributed by atoms with Crippen LogP contribution in [0.3, 0.4) is 0 Å². The Labute approximate surface area is 147 Å². The summed E-state index contributed by atoms with van der Waals surface area (Å²) in [5.74, 6) is 1.11. The molecule has 1 aromatic carbocycles. The molecule has 0 saturated carbocycles. The van der Waals surface area contributed by atoms with Crippen LogP contribution in [0.2, 0.25) is 0 Å². The van der Waals surface area contributed by atoms with Crippen LogP contribution in [0.4, 0.5) is 0 Å². The van der Waals surface area contributed by atoms with E-state index in [1.807, 2.05) is 19.1 Å². The number of pyridine rings is 1. The first-order valence-electron chi connectivity index (χ1n) is 7.40. The molecule has 0 bridgehead atoms. The normalized spacial score (nSPS) is 19.1. The summed E-state index contributed by atoms with van der Waals surface area (Å²) >= 11 is 7.06. The maximum Gasteiger partial charge on any atom is 0.228 e. The fraction of sp³-hybridized carbons (Fsp3) is 0.353. The van der Waals surface area contributed by atoms with Gasteiger partial charge in [0.25, 0.3) is 0 Å². The molecule has 0 radical (unpaired) electrons. The van der Waals surface area contributed by atoms with Crippen molar-refractivity contribution in [2.45, 2.75) is 19.4 Å². The summed E-state index contributed by atoms with van der Waals surface area (Å²) in [6.07, 6.45) is 1.13. The molecule has 5 heteroatoms. The number of hydrogen-bond donors (Lipinski definition) is 1. The third kappa shape index (κ3) is 3.53. The first-order valence-corrected chi connectivity index (χ1v) is 8.98. The molecule has 1 fully saturated rings. The summed E-state index contributed by atoms with van der Waals surface area (Å²) < 4.78 is 8.18. The topological polar surface area (TPSA) is 34.1 Å². The third-order valence-electron chi connectivity index (χ3n) is 3.97. The van der Waals surface area contributed by atoms with E-state index >= 15 is 0 Å². The lowest BCUT2D eigenvalue weighted by molar-refractivity contribution is 0.136. The van der Waals surface area contributed by atoms with Gasteiger partial charge in [-0.05, 0) is 63.4 Å². The highest BCUT2D eigenvalue weighted by atomic mass is 79.9. The predicted molar refractivity (Wildman–Crippen MR) is 95.2 cm³/mol. The van der Waals surface area contributed by atoms with Gasteiger partial charge in [0, 0.05) is 16.9 Å². The molecule has 2 aromatic rings. The predicted octanol–water partition coefficient (Wildman–Crippen LogP) is 4.64. The average Bonchev–Trinajstić information content (AvgIpc) is 3.04. The highest BCUT2D eigenvalue weighted by Crippen LogP contribution is 2.35. The monoisotopic (exact) mass is 424 g/mol. The molecule has 3 rings (SSSR count). The number of benzene rings is 1. The van der Waals surface area contributed by atoms with Crippen LogP contribution in [0.25, 0.3) is 0 Å². The van der Waals surface area contributed by atoms with Crippen molar-refractivity contribution >= 4 is 31.9 Å². The largest absolute Gasteiger partial charge is 0.468 e. The van der Waals surface area contributed by atoms with Gasteiger partial charge in [-0.3, -0.25) is 0 Å². The molecule has 0 spiro atoms. The van der Waals surface area contributed by atoms with E-state index in [1.54, 1.807) is 0 Å². The van der Waals surface area contributed by atoms with Crippen LogP contribution >= 0.6 is 31.9 Å². The minimum absolute atomic E-state index is 0.0144. The number of hydrogen-bond acceptors (Lipinski definition) is 3. The van der Waals surface area contributed by atoms with Crippen molar-refractivity contribution in [2.75, 3.05) is 13.1 Å². The molecular weight excluding hydrogens is 408 g/mol. The van der Waals surface area contributed by atoms with Gasteiger partial charge in [-0.2, -0.15) is 0 Å². The van der Waals surface area contributed by atoms with E-state index < -0.39 is 0 Å². The van der Waals surface area contributed by atoms with Crippen LogP contribution in [-0.4, -0.2) is 18.1 Å². The van der Waals surface area contributed by atoms with Crippen LogP contribution in [0.5, 0.6) is 5.88 Å². The number of aryl methyl sites for hydroxylation is 1. The number of nitrogens with zero attached hydrogens (tertiary/aromatic N) is 1. The molecule has 1 aliphatic rings. The number of rotatable bonds is 4. The van der Waals surface area contributed by atoms with E-state index in [4.69, 9.17) is 4.74 Å². The Morgan fingerprint density at radius 3 is 2.68 bits per heavy atom. The van der Waals surface area contributed by atoms with E-state index in [9.17, 15) is 0 Å². The van der Waals surface area contributed by atoms with Gasteiger partial charge in [-0.1, -0.05) is 30.3 Å². The molecule has 22 heavy (non-hydrogen) atoms. The zero-order valence-electron chi connectivity index (χ0n) is 12.4. The van der Waals surface area contributed by atoms with Crippen molar-refractivity contribution in [3.8, 4) is 5.88 Å². The highest BCUT2D eigenvalue weighted by molar-refractivity contribution is 9.11. The zero-order valence-corrected chi connectivity index (χ0v) is 15.5. The van der Waals surface area contributed by atoms with Gasteiger partial charge in [0.2, 0.25) is 5.88 Å². The summed E-state index contributed by atoms with van der Waals surface area (Å²) in [5.41, 5.74) is 2.13. The Morgan fingerprint density at radius 2 is 2.00 bits per heavy atom. The second-order valence-corrected chi connectivity index (χ2v) is 7.25. The Balaban J connectivity index is 1.92. The van der Waals surface area contributed by atoms with Gasteiger partial charge in [0.1, 0.15) is 6.10 Å². The fourth-order valence-electron chi connectivity index (χ4n) is 2.75. The van der Waals surface area contributed by atoms with Crippen LogP contribution in [0.1, 0.15) is 23.8 Å². The van der Waals surface area contributed by atoms with Gasteiger partial charge in [0.05, 0.1) is 10.2 Å².